The molecule has 1 unspecified atom stereocenters. The Morgan fingerprint density at radius 2 is 2.17 bits per heavy atom. The van der Waals surface area contributed by atoms with Crippen molar-refractivity contribution in [3.05, 3.63) is 24.0 Å². The van der Waals surface area contributed by atoms with Crippen LogP contribution < -0.4 is 5.32 Å². The highest BCUT2D eigenvalue weighted by atomic mass is 16.4. The Hall–Kier alpha value is -2.11. The summed E-state index contributed by atoms with van der Waals surface area (Å²) in [5, 5.41) is 11.7. The Labute approximate surface area is 106 Å². The highest BCUT2D eigenvalue weighted by Crippen LogP contribution is 2.08. The first-order valence-corrected chi connectivity index (χ1v) is 5.66. The number of aromatic nitrogens is 1. The van der Waals surface area contributed by atoms with Gasteiger partial charge in [0.15, 0.2) is 0 Å². The molecular weight excluding hydrogens is 234 g/mol. The second-order valence-corrected chi connectivity index (χ2v) is 3.96. The van der Waals surface area contributed by atoms with Crippen LogP contribution in [0.25, 0.3) is 0 Å². The molecular formula is C12H17N3O3. The molecule has 0 spiro atoms. The SMILES string of the molecule is CCN(C)C(=O)C(C)Nc1ccc(C(=O)O)nc1. The van der Waals surface area contributed by atoms with Gasteiger partial charge in [-0.1, -0.05) is 0 Å². The molecule has 6 heteroatoms. The number of hydrogen-bond donors (Lipinski definition) is 2. The van der Waals surface area contributed by atoms with Gasteiger partial charge in [-0.05, 0) is 26.0 Å². The van der Waals surface area contributed by atoms with Gasteiger partial charge >= 0.3 is 5.97 Å². The quantitative estimate of drug-likeness (QED) is 0.817. The standard InChI is InChI=1S/C12H17N3O3/c1-4-15(3)11(16)8(2)14-9-5-6-10(12(17)18)13-7-9/h5-8,14H,4H2,1-3H3,(H,17,18). The summed E-state index contributed by atoms with van der Waals surface area (Å²) in [6, 6.07) is 2.60. The molecule has 1 atom stereocenters. The van der Waals surface area contributed by atoms with Gasteiger partial charge in [-0.2, -0.15) is 0 Å². The molecule has 98 valence electrons. The first-order chi connectivity index (χ1) is 8.45. The molecule has 0 aliphatic rings. The summed E-state index contributed by atoms with van der Waals surface area (Å²) in [6.07, 6.45) is 1.40. The number of nitrogens with zero attached hydrogens (tertiary/aromatic N) is 2. The van der Waals surface area contributed by atoms with E-state index < -0.39 is 5.97 Å². The molecule has 0 aliphatic carbocycles. The number of aromatic carboxylic acids is 1. The summed E-state index contributed by atoms with van der Waals surface area (Å²) in [4.78, 5) is 27.8. The lowest BCUT2D eigenvalue weighted by Crippen LogP contribution is -2.38. The number of anilines is 1. The maximum absolute atomic E-state index is 11.8. The lowest BCUT2D eigenvalue weighted by Gasteiger charge is -2.21. The average molecular weight is 251 g/mol. The van der Waals surface area contributed by atoms with Gasteiger partial charge in [-0.3, -0.25) is 4.79 Å². The summed E-state index contributed by atoms with van der Waals surface area (Å²) in [6.45, 7) is 4.29. The lowest BCUT2D eigenvalue weighted by molar-refractivity contribution is -0.130. The van der Waals surface area contributed by atoms with Gasteiger partial charge < -0.3 is 15.3 Å². The van der Waals surface area contributed by atoms with E-state index in [1.807, 2.05) is 6.92 Å². The van der Waals surface area contributed by atoms with Crippen molar-refractivity contribution in [3.63, 3.8) is 0 Å². The number of carbonyl (C=O) groups is 2. The van der Waals surface area contributed by atoms with E-state index in [4.69, 9.17) is 5.11 Å². The molecule has 6 nitrogen and oxygen atoms in total. The molecule has 0 bridgehead atoms. The van der Waals surface area contributed by atoms with Crippen LogP contribution in [0.4, 0.5) is 5.69 Å². The summed E-state index contributed by atoms with van der Waals surface area (Å²) >= 11 is 0. The number of carboxylic acid groups (broad SMARTS) is 1. The molecule has 1 aromatic heterocycles. The molecule has 1 rings (SSSR count). The summed E-state index contributed by atoms with van der Waals surface area (Å²) in [5.41, 5.74) is 0.593. The molecule has 0 saturated carbocycles. The number of pyridine rings is 1. The molecule has 2 N–H and O–H groups in total. The van der Waals surface area contributed by atoms with E-state index in [2.05, 4.69) is 10.3 Å². The average Bonchev–Trinajstić information content (AvgIpc) is 2.37. The van der Waals surface area contributed by atoms with Gasteiger partial charge in [0, 0.05) is 13.6 Å². The number of amides is 1. The zero-order valence-electron chi connectivity index (χ0n) is 10.7. The zero-order valence-corrected chi connectivity index (χ0v) is 10.7. The molecule has 0 aliphatic heterocycles. The summed E-state index contributed by atoms with van der Waals surface area (Å²) < 4.78 is 0. The van der Waals surface area contributed by atoms with Gasteiger partial charge in [0.2, 0.25) is 5.91 Å². The van der Waals surface area contributed by atoms with Gasteiger partial charge in [-0.15, -0.1) is 0 Å². The third-order valence-electron chi connectivity index (χ3n) is 2.59. The van der Waals surface area contributed by atoms with Crippen LogP contribution in [0.5, 0.6) is 0 Å². The zero-order chi connectivity index (χ0) is 13.7. The van der Waals surface area contributed by atoms with Crippen molar-refractivity contribution in [2.75, 3.05) is 18.9 Å². The fourth-order valence-electron chi connectivity index (χ4n) is 1.40. The number of carbonyl (C=O) groups excluding carboxylic acids is 1. The van der Waals surface area contributed by atoms with Crippen molar-refractivity contribution in [1.29, 1.82) is 0 Å². The van der Waals surface area contributed by atoms with Crippen LogP contribution in [0.1, 0.15) is 24.3 Å². The predicted octanol–water partition coefficient (Wildman–Crippen LogP) is 1.06. The van der Waals surface area contributed by atoms with Crippen molar-refractivity contribution in [1.82, 2.24) is 9.88 Å². The van der Waals surface area contributed by atoms with Crippen LogP contribution >= 0.6 is 0 Å². The van der Waals surface area contributed by atoms with Crippen molar-refractivity contribution in [2.24, 2.45) is 0 Å². The maximum Gasteiger partial charge on any atom is 0.354 e. The summed E-state index contributed by atoms with van der Waals surface area (Å²) in [5.74, 6) is -1.10. The Morgan fingerprint density at radius 3 is 2.61 bits per heavy atom. The lowest BCUT2D eigenvalue weighted by atomic mass is 10.2. The van der Waals surface area contributed by atoms with Crippen LogP contribution in [-0.2, 0) is 4.79 Å². The van der Waals surface area contributed by atoms with Crippen LogP contribution in [0.2, 0.25) is 0 Å². The predicted molar refractivity (Wildman–Crippen MR) is 67.6 cm³/mol. The molecule has 0 aromatic carbocycles. The van der Waals surface area contributed by atoms with E-state index in [-0.39, 0.29) is 17.6 Å². The molecule has 0 radical (unpaired) electrons. The maximum atomic E-state index is 11.8. The Balaban J connectivity index is 2.67. The monoisotopic (exact) mass is 251 g/mol. The van der Waals surface area contributed by atoms with Gasteiger partial charge in [0.05, 0.1) is 11.9 Å². The minimum Gasteiger partial charge on any atom is -0.477 e. The molecule has 1 heterocycles. The number of hydrogen-bond acceptors (Lipinski definition) is 4. The molecule has 0 fully saturated rings. The van der Waals surface area contributed by atoms with Gasteiger partial charge in [0.25, 0.3) is 0 Å². The van der Waals surface area contributed by atoms with Crippen LogP contribution in [0.15, 0.2) is 18.3 Å². The molecule has 0 saturated heterocycles. The normalized spacial score (nSPS) is 11.7. The highest BCUT2D eigenvalue weighted by Gasteiger charge is 2.16. The molecule has 18 heavy (non-hydrogen) atoms. The second kappa shape index (κ2) is 6.00. The summed E-state index contributed by atoms with van der Waals surface area (Å²) in [7, 11) is 1.73. The number of rotatable bonds is 5. The third kappa shape index (κ3) is 3.44. The van der Waals surface area contributed by atoms with Crippen molar-refractivity contribution in [3.8, 4) is 0 Å². The topological polar surface area (TPSA) is 82.5 Å². The second-order valence-electron chi connectivity index (χ2n) is 3.96. The van der Waals surface area contributed by atoms with Crippen LogP contribution in [0, 0.1) is 0 Å². The van der Waals surface area contributed by atoms with E-state index >= 15 is 0 Å². The van der Waals surface area contributed by atoms with E-state index in [1.165, 1.54) is 12.3 Å². The van der Waals surface area contributed by atoms with Gasteiger partial charge in [0.1, 0.15) is 11.7 Å². The molecule has 1 aromatic rings. The smallest absolute Gasteiger partial charge is 0.354 e. The van der Waals surface area contributed by atoms with Crippen LogP contribution in [-0.4, -0.2) is 46.5 Å². The van der Waals surface area contributed by atoms with Crippen molar-refractivity contribution in [2.45, 2.75) is 19.9 Å². The number of likely N-dealkylation sites (N-methyl/N-ethyl adjacent to an activating group) is 1. The minimum atomic E-state index is -1.07. The van der Waals surface area contributed by atoms with Crippen LogP contribution in [0.3, 0.4) is 0 Å². The number of nitrogens with one attached hydrogen (secondary N) is 1. The Bertz CT molecular complexity index is 431. The fraction of sp³-hybridized carbons (Fsp3) is 0.417. The third-order valence-corrected chi connectivity index (χ3v) is 2.59. The molecule has 1 amide bonds. The van der Waals surface area contributed by atoms with Crippen molar-refractivity contribution < 1.29 is 14.7 Å². The van der Waals surface area contributed by atoms with E-state index in [0.29, 0.717) is 12.2 Å². The van der Waals surface area contributed by atoms with Gasteiger partial charge in [-0.25, -0.2) is 9.78 Å². The van der Waals surface area contributed by atoms with E-state index in [1.54, 1.807) is 24.9 Å². The Morgan fingerprint density at radius 1 is 1.50 bits per heavy atom. The number of carboxylic acids is 1. The largest absolute Gasteiger partial charge is 0.477 e. The first-order valence-electron chi connectivity index (χ1n) is 5.66. The highest BCUT2D eigenvalue weighted by molar-refractivity contribution is 5.86. The van der Waals surface area contributed by atoms with E-state index in [0.717, 1.165) is 0 Å². The first kappa shape index (κ1) is 14.0. The van der Waals surface area contributed by atoms with Crippen molar-refractivity contribution >= 4 is 17.6 Å². The fourth-order valence-corrected chi connectivity index (χ4v) is 1.40. The minimum absolute atomic E-state index is 0.0230. The van der Waals surface area contributed by atoms with E-state index in [9.17, 15) is 9.59 Å². The Kier molecular flexibility index (Phi) is 4.65.